The molecular weight excluding hydrogens is 381 g/mol. The Morgan fingerprint density at radius 1 is 1.11 bits per heavy atom. The third-order valence-corrected chi connectivity index (χ3v) is 4.11. The molecule has 2 amide bonds. The molecule has 1 aliphatic heterocycles. The van der Waals surface area contributed by atoms with E-state index in [1.165, 1.54) is 6.07 Å². The Morgan fingerprint density at radius 3 is 2.44 bits per heavy atom. The van der Waals surface area contributed by atoms with E-state index in [-0.39, 0.29) is 5.69 Å². The zero-order valence-corrected chi connectivity index (χ0v) is 14.5. The van der Waals surface area contributed by atoms with E-state index in [0.29, 0.717) is 17.9 Å². The van der Waals surface area contributed by atoms with Crippen molar-refractivity contribution in [3.8, 4) is 0 Å². The van der Waals surface area contributed by atoms with Crippen molar-refractivity contribution in [3.63, 3.8) is 0 Å². The monoisotopic (exact) mass is 394 g/mol. The van der Waals surface area contributed by atoms with Gasteiger partial charge in [-0.3, -0.25) is 0 Å². The van der Waals surface area contributed by atoms with Crippen LogP contribution in [0.4, 0.5) is 29.3 Å². The number of hydrogen-bond donors (Lipinski definition) is 3. The van der Waals surface area contributed by atoms with Gasteiger partial charge in [0.2, 0.25) is 0 Å². The van der Waals surface area contributed by atoms with E-state index in [1.807, 2.05) is 6.07 Å². The van der Waals surface area contributed by atoms with Gasteiger partial charge in [-0.15, -0.1) is 0 Å². The molecule has 0 saturated heterocycles. The molecule has 0 atom stereocenters. The second-order valence-corrected chi connectivity index (χ2v) is 6.21. The summed E-state index contributed by atoms with van der Waals surface area (Å²) in [5.74, 6) is 0.504. The van der Waals surface area contributed by atoms with Crippen molar-refractivity contribution in [2.45, 2.75) is 12.6 Å². The van der Waals surface area contributed by atoms with Gasteiger partial charge in [0.25, 0.3) is 0 Å². The van der Waals surface area contributed by atoms with Crippen LogP contribution in [-0.4, -0.2) is 11.9 Å². The summed E-state index contributed by atoms with van der Waals surface area (Å²) in [5, 5.41) is 4.50. The van der Waals surface area contributed by atoms with Crippen LogP contribution in [0.2, 0.25) is 5.02 Å². The van der Waals surface area contributed by atoms with Crippen LogP contribution in [0.15, 0.2) is 53.7 Å². The maximum Gasteiger partial charge on any atom is 0.417 e. The number of aliphatic imine (C=N–C) groups is 1. The molecule has 2 aromatic carbocycles. The minimum atomic E-state index is -4.61. The second-order valence-electron chi connectivity index (χ2n) is 5.80. The van der Waals surface area contributed by atoms with Gasteiger partial charge in [-0.25, -0.2) is 9.79 Å². The number of anilines is 2. The zero-order chi connectivity index (χ0) is 19.6. The molecular formula is C18H14ClF3N4O. The summed E-state index contributed by atoms with van der Waals surface area (Å²) < 4.78 is 38.7. The second kappa shape index (κ2) is 7.32. The van der Waals surface area contributed by atoms with Crippen LogP contribution >= 0.6 is 11.6 Å². The Balaban J connectivity index is 1.70. The van der Waals surface area contributed by atoms with Gasteiger partial charge in [0.05, 0.1) is 10.6 Å². The maximum atomic E-state index is 12.9. The van der Waals surface area contributed by atoms with Gasteiger partial charge < -0.3 is 16.4 Å². The summed E-state index contributed by atoms with van der Waals surface area (Å²) in [5.41, 5.74) is 6.82. The average molecular weight is 395 g/mol. The third-order valence-electron chi connectivity index (χ3n) is 3.78. The van der Waals surface area contributed by atoms with Crippen LogP contribution in [0.1, 0.15) is 17.5 Å². The molecule has 2 aromatic rings. The fourth-order valence-corrected chi connectivity index (χ4v) is 2.76. The summed E-state index contributed by atoms with van der Waals surface area (Å²) in [4.78, 5) is 16.1. The van der Waals surface area contributed by atoms with Crippen molar-refractivity contribution < 1.29 is 18.0 Å². The molecule has 4 N–H and O–H groups in total. The molecule has 0 unspecified atom stereocenters. The highest BCUT2D eigenvalue weighted by Crippen LogP contribution is 2.36. The fourth-order valence-electron chi connectivity index (χ4n) is 2.53. The quantitative estimate of drug-likeness (QED) is 0.676. The highest BCUT2D eigenvalue weighted by molar-refractivity contribution is 6.31. The first-order valence-electron chi connectivity index (χ1n) is 7.79. The molecule has 0 aliphatic carbocycles. The van der Waals surface area contributed by atoms with Crippen molar-refractivity contribution in [3.05, 3.63) is 64.8 Å². The SMILES string of the molecule is NC1=NC=C(c2cccc(NC(=O)Nc3ccc(Cl)c(C(F)(F)F)c3)c2)C1. The van der Waals surface area contributed by atoms with Crippen LogP contribution in [0, 0.1) is 0 Å². The molecule has 5 nitrogen and oxygen atoms in total. The minimum Gasteiger partial charge on any atom is -0.387 e. The van der Waals surface area contributed by atoms with Gasteiger partial charge in [0.1, 0.15) is 5.84 Å². The van der Waals surface area contributed by atoms with Crippen LogP contribution in [-0.2, 0) is 6.18 Å². The highest BCUT2D eigenvalue weighted by atomic mass is 35.5. The van der Waals surface area contributed by atoms with Crippen molar-refractivity contribution in [2.24, 2.45) is 10.7 Å². The van der Waals surface area contributed by atoms with Gasteiger partial charge in [0.15, 0.2) is 0 Å². The van der Waals surface area contributed by atoms with Crippen LogP contribution in [0.5, 0.6) is 0 Å². The Labute approximate surface area is 157 Å². The summed E-state index contributed by atoms with van der Waals surface area (Å²) in [6.45, 7) is 0. The number of carbonyl (C=O) groups is 1. The van der Waals surface area contributed by atoms with Gasteiger partial charge >= 0.3 is 12.2 Å². The fraction of sp³-hybridized carbons (Fsp3) is 0.111. The van der Waals surface area contributed by atoms with E-state index in [4.69, 9.17) is 17.3 Å². The van der Waals surface area contributed by atoms with E-state index < -0.39 is 22.8 Å². The first-order valence-corrected chi connectivity index (χ1v) is 8.16. The number of benzene rings is 2. The number of rotatable bonds is 3. The molecule has 0 saturated carbocycles. The number of amides is 2. The van der Waals surface area contributed by atoms with Gasteiger partial charge in [0, 0.05) is 24.0 Å². The topological polar surface area (TPSA) is 79.5 Å². The van der Waals surface area contributed by atoms with E-state index >= 15 is 0 Å². The van der Waals surface area contributed by atoms with E-state index in [1.54, 1.807) is 24.4 Å². The predicted octanol–water partition coefficient (Wildman–Crippen LogP) is 5.10. The predicted molar refractivity (Wildman–Crippen MR) is 99.8 cm³/mol. The van der Waals surface area contributed by atoms with Crippen molar-refractivity contribution in [2.75, 3.05) is 10.6 Å². The maximum absolute atomic E-state index is 12.9. The molecule has 1 aliphatic rings. The number of alkyl halides is 3. The summed E-state index contributed by atoms with van der Waals surface area (Å²) in [6, 6.07) is 9.44. The molecule has 3 rings (SSSR count). The van der Waals surface area contributed by atoms with E-state index in [9.17, 15) is 18.0 Å². The van der Waals surface area contributed by atoms with Crippen molar-refractivity contribution in [1.82, 2.24) is 0 Å². The first kappa shape index (κ1) is 18.8. The number of amidine groups is 1. The lowest BCUT2D eigenvalue weighted by Crippen LogP contribution is -2.20. The van der Waals surface area contributed by atoms with Crippen molar-refractivity contribution in [1.29, 1.82) is 0 Å². The number of hydrogen-bond acceptors (Lipinski definition) is 3. The number of halogens is 4. The van der Waals surface area contributed by atoms with E-state index in [2.05, 4.69) is 15.6 Å². The van der Waals surface area contributed by atoms with Crippen molar-refractivity contribution >= 4 is 40.4 Å². The lowest BCUT2D eigenvalue weighted by molar-refractivity contribution is -0.137. The molecule has 0 bridgehead atoms. The molecule has 0 fully saturated rings. The van der Waals surface area contributed by atoms with E-state index in [0.717, 1.165) is 23.3 Å². The van der Waals surface area contributed by atoms with Crippen LogP contribution in [0.3, 0.4) is 0 Å². The molecule has 0 aromatic heterocycles. The minimum absolute atomic E-state index is 0.0277. The Bertz CT molecular complexity index is 954. The summed E-state index contributed by atoms with van der Waals surface area (Å²) in [6.07, 6.45) is -2.44. The lowest BCUT2D eigenvalue weighted by atomic mass is 10.0. The zero-order valence-electron chi connectivity index (χ0n) is 13.8. The van der Waals surface area contributed by atoms with Gasteiger partial charge in [-0.2, -0.15) is 13.2 Å². The molecule has 9 heteroatoms. The average Bonchev–Trinajstić information content (AvgIpc) is 3.02. The number of nitrogens with one attached hydrogen (secondary N) is 2. The number of nitrogens with zero attached hydrogens (tertiary/aromatic N) is 1. The standard InChI is InChI=1S/C18H14ClF3N4O/c19-15-5-4-13(8-14(15)18(20,21)22)26-17(27)25-12-3-1-2-10(6-12)11-7-16(23)24-9-11/h1-6,8-9H,7H2,(H2,23,24)(H2,25,26,27). The molecule has 1 heterocycles. The largest absolute Gasteiger partial charge is 0.417 e. The number of carbonyl (C=O) groups excluding carboxylic acids is 1. The first-order chi connectivity index (χ1) is 12.7. The molecule has 27 heavy (non-hydrogen) atoms. The van der Waals surface area contributed by atoms with Gasteiger partial charge in [-0.1, -0.05) is 23.7 Å². The van der Waals surface area contributed by atoms with Gasteiger partial charge in [-0.05, 0) is 41.5 Å². The third kappa shape index (κ3) is 4.59. The number of urea groups is 1. The Hall–Kier alpha value is -3.00. The number of nitrogens with two attached hydrogens (primary N) is 1. The Morgan fingerprint density at radius 2 is 1.81 bits per heavy atom. The molecule has 140 valence electrons. The van der Waals surface area contributed by atoms with Crippen LogP contribution < -0.4 is 16.4 Å². The summed E-state index contributed by atoms with van der Waals surface area (Å²) >= 11 is 5.57. The molecule has 0 spiro atoms. The highest BCUT2D eigenvalue weighted by Gasteiger charge is 2.33. The normalized spacial score (nSPS) is 13.8. The van der Waals surface area contributed by atoms with Crippen LogP contribution in [0.25, 0.3) is 5.57 Å². The molecule has 0 radical (unpaired) electrons. The smallest absolute Gasteiger partial charge is 0.387 e. The Kier molecular flexibility index (Phi) is 5.09. The lowest BCUT2D eigenvalue weighted by Gasteiger charge is -2.13. The summed E-state index contributed by atoms with van der Waals surface area (Å²) in [7, 11) is 0.